The maximum atomic E-state index is 13.3. The smallest absolute Gasteiger partial charge is 0.254 e. The molecule has 1 aliphatic heterocycles. The fraction of sp³-hybridized carbons (Fsp3) is 0.190. The number of anilines is 1. The number of aromatic nitrogens is 2. The minimum absolute atomic E-state index is 0.0275. The van der Waals surface area contributed by atoms with Gasteiger partial charge in [0.05, 0.1) is 11.7 Å². The Hall–Kier alpha value is -3.28. The molecule has 136 valence electrons. The van der Waals surface area contributed by atoms with E-state index >= 15 is 0 Å². The molecule has 2 heterocycles. The third-order valence-corrected chi connectivity index (χ3v) is 4.84. The standard InChI is InChI=1S/C21H19FN4O/c22-16-10-8-14(9-11-16)17-13-24-21(23)25-19(17)18-7-4-12-26(18)20(27)15-5-2-1-3-6-15/h1-3,5-6,8-11,13,18H,4,7,12H2,(H2,23,24,25). The quantitative estimate of drug-likeness (QED) is 0.768. The maximum absolute atomic E-state index is 13.3. The number of rotatable bonds is 3. The van der Waals surface area contributed by atoms with Gasteiger partial charge in [0.25, 0.3) is 5.91 Å². The lowest BCUT2D eigenvalue weighted by Gasteiger charge is -2.26. The first-order valence-electron chi connectivity index (χ1n) is 8.88. The molecule has 2 N–H and O–H groups in total. The van der Waals surface area contributed by atoms with E-state index in [-0.39, 0.29) is 23.7 Å². The van der Waals surface area contributed by atoms with Crippen molar-refractivity contribution >= 4 is 11.9 Å². The maximum Gasteiger partial charge on any atom is 0.254 e. The summed E-state index contributed by atoms with van der Waals surface area (Å²) in [7, 11) is 0. The summed E-state index contributed by atoms with van der Waals surface area (Å²) in [5.41, 5.74) is 8.76. The summed E-state index contributed by atoms with van der Waals surface area (Å²) in [5.74, 6) is -0.173. The van der Waals surface area contributed by atoms with Crippen LogP contribution in [0.1, 0.15) is 34.9 Å². The molecule has 3 aromatic rings. The van der Waals surface area contributed by atoms with E-state index in [0.29, 0.717) is 17.8 Å². The number of nitrogen functional groups attached to an aromatic ring is 1. The van der Waals surface area contributed by atoms with Gasteiger partial charge in [-0.15, -0.1) is 0 Å². The number of halogens is 1. The van der Waals surface area contributed by atoms with Crippen LogP contribution in [0, 0.1) is 5.82 Å². The first kappa shape index (κ1) is 17.1. The Morgan fingerprint density at radius 3 is 2.59 bits per heavy atom. The van der Waals surface area contributed by atoms with E-state index in [1.165, 1.54) is 12.1 Å². The highest BCUT2D eigenvalue weighted by atomic mass is 19.1. The molecule has 1 atom stereocenters. The van der Waals surface area contributed by atoms with Crippen LogP contribution >= 0.6 is 0 Å². The van der Waals surface area contributed by atoms with E-state index in [4.69, 9.17) is 5.73 Å². The van der Waals surface area contributed by atoms with Crippen LogP contribution in [0.4, 0.5) is 10.3 Å². The lowest BCUT2D eigenvalue weighted by Crippen LogP contribution is -2.31. The average Bonchev–Trinajstić information content (AvgIpc) is 3.18. The summed E-state index contributed by atoms with van der Waals surface area (Å²) in [4.78, 5) is 23.4. The summed E-state index contributed by atoms with van der Waals surface area (Å²) in [6.45, 7) is 0.658. The summed E-state index contributed by atoms with van der Waals surface area (Å²) < 4.78 is 13.3. The van der Waals surface area contributed by atoms with Gasteiger partial charge in [-0.3, -0.25) is 4.79 Å². The third-order valence-electron chi connectivity index (χ3n) is 4.84. The molecule has 1 unspecified atom stereocenters. The van der Waals surface area contributed by atoms with Crippen LogP contribution in [-0.4, -0.2) is 27.3 Å². The molecule has 4 rings (SSSR count). The first-order valence-corrected chi connectivity index (χ1v) is 8.88. The first-order chi connectivity index (χ1) is 13.1. The number of nitrogens with two attached hydrogens (primary N) is 1. The Morgan fingerprint density at radius 1 is 1.11 bits per heavy atom. The van der Waals surface area contributed by atoms with Gasteiger partial charge in [-0.1, -0.05) is 30.3 Å². The third kappa shape index (κ3) is 3.38. The molecule has 0 bridgehead atoms. The summed E-state index contributed by atoms with van der Waals surface area (Å²) in [6, 6.07) is 15.2. The van der Waals surface area contributed by atoms with Crippen LogP contribution in [0.3, 0.4) is 0 Å². The highest BCUT2D eigenvalue weighted by Crippen LogP contribution is 2.37. The Morgan fingerprint density at radius 2 is 1.85 bits per heavy atom. The molecule has 1 saturated heterocycles. The minimum Gasteiger partial charge on any atom is -0.368 e. The molecule has 6 heteroatoms. The van der Waals surface area contributed by atoms with Gasteiger partial charge >= 0.3 is 0 Å². The number of amides is 1. The van der Waals surface area contributed by atoms with Crippen LogP contribution in [0.25, 0.3) is 11.1 Å². The minimum atomic E-state index is -0.307. The van der Waals surface area contributed by atoms with E-state index in [9.17, 15) is 9.18 Å². The van der Waals surface area contributed by atoms with Crippen molar-refractivity contribution in [1.82, 2.24) is 14.9 Å². The van der Waals surface area contributed by atoms with Crippen molar-refractivity contribution in [2.75, 3.05) is 12.3 Å². The monoisotopic (exact) mass is 362 g/mol. The largest absolute Gasteiger partial charge is 0.368 e. The number of hydrogen-bond donors (Lipinski definition) is 1. The van der Waals surface area contributed by atoms with Gasteiger partial charge in [-0.05, 0) is 42.7 Å². The number of benzene rings is 2. The van der Waals surface area contributed by atoms with E-state index in [1.807, 2.05) is 35.2 Å². The number of hydrogen-bond acceptors (Lipinski definition) is 4. The van der Waals surface area contributed by atoms with Crippen LogP contribution in [-0.2, 0) is 0 Å². The topological polar surface area (TPSA) is 72.1 Å². The van der Waals surface area contributed by atoms with Crippen molar-refractivity contribution in [2.45, 2.75) is 18.9 Å². The van der Waals surface area contributed by atoms with E-state index in [0.717, 1.165) is 24.0 Å². The molecule has 0 saturated carbocycles. The van der Waals surface area contributed by atoms with Crippen LogP contribution < -0.4 is 5.73 Å². The van der Waals surface area contributed by atoms with E-state index in [2.05, 4.69) is 9.97 Å². The number of likely N-dealkylation sites (tertiary alicyclic amines) is 1. The van der Waals surface area contributed by atoms with Crippen molar-refractivity contribution in [3.63, 3.8) is 0 Å². The lowest BCUT2D eigenvalue weighted by molar-refractivity contribution is 0.0733. The molecule has 5 nitrogen and oxygen atoms in total. The van der Waals surface area contributed by atoms with Gasteiger partial charge in [0.2, 0.25) is 5.95 Å². The molecule has 1 fully saturated rings. The molecule has 0 radical (unpaired) electrons. The Labute approximate surface area is 156 Å². The second kappa shape index (κ2) is 7.15. The molecule has 0 spiro atoms. The van der Waals surface area contributed by atoms with Crippen LogP contribution in [0.5, 0.6) is 0 Å². The number of carbonyl (C=O) groups is 1. The number of carbonyl (C=O) groups excluding carboxylic acids is 1. The normalized spacial score (nSPS) is 16.5. The predicted octanol–water partition coefficient (Wildman–Crippen LogP) is 3.84. The van der Waals surface area contributed by atoms with Crippen LogP contribution in [0.15, 0.2) is 60.8 Å². The average molecular weight is 362 g/mol. The zero-order valence-corrected chi connectivity index (χ0v) is 14.7. The van der Waals surface area contributed by atoms with Gasteiger partial charge in [0.15, 0.2) is 0 Å². The van der Waals surface area contributed by atoms with Gasteiger partial charge in [-0.2, -0.15) is 0 Å². The molecule has 2 aromatic carbocycles. The van der Waals surface area contributed by atoms with Crippen molar-refractivity contribution in [3.8, 4) is 11.1 Å². The Kier molecular flexibility index (Phi) is 4.54. The second-order valence-corrected chi connectivity index (χ2v) is 6.56. The fourth-order valence-corrected chi connectivity index (χ4v) is 3.56. The molecular formula is C21H19FN4O. The molecule has 1 amide bonds. The van der Waals surface area contributed by atoms with Crippen molar-refractivity contribution in [3.05, 3.63) is 77.9 Å². The molecule has 27 heavy (non-hydrogen) atoms. The van der Waals surface area contributed by atoms with Gasteiger partial charge < -0.3 is 10.6 Å². The van der Waals surface area contributed by atoms with Crippen molar-refractivity contribution < 1.29 is 9.18 Å². The van der Waals surface area contributed by atoms with E-state index in [1.54, 1.807) is 18.3 Å². The predicted molar refractivity (Wildman–Crippen MR) is 101 cm³/mol. The Bertz CT molecular complexity index is 960. The van der Waals surface area contributed by atoms with Crippen molar-refractivity contribution in [2.24, 2.45) is 0 Å². The van der Waals surface area contributed by atoms with Crippen molar-refractivity contribution in [1.29, 1.82) is 0 Å². The van der Waals surface area contributed by atoms with E-state index < -0.39 is 0 Å². The molecule has 0 aliphatic carbocycles. The summed E-state index contributed by atoms with van der Waals surface area (Å²) in [5, 5.41) is 0. The lowest BCUT2D eigenvalue weighted by atomic mass is 9.99. The highest BCUT2D eigenvalue weighted by molar-refractivity contribution is 5.94. The number of nitrogens with zero attached hydrogens (tertiary/aromatic N) is 3. The summed E-state index contributed by atoms with van der Waals surface area (Å²) in [6.07, 6.45) is 3.33. The van der Waals surface area contributed by atoms with Crippen LogP contribution in [0.2, 0.25) is 0 Å². The SMILES string of the molecule is Nc1ncc(-c2ccc(F)cc2)c(C2CCCN2C(=O)c2ccccc2)n1. The zero-order valence-electron chi connectivity index (χ0n) is 14.7. The molecule has 1 aliphatic rings. The zero-order chi connectivity index (χ0) is 18.8. The highest BCUT2D eigenvalue weighted by Gasteiger charge is 2.33. The summed E-state index contributed by atoms with van der Waals surface area (Å²) >= 11 is 0. The Balaban J connectivity index is 1.74. The molecule has 1 aromatic heterocycles. The second-order valence-electron chi connectivity index (χ2n) is 6.56. The van der Waals surface area contributed by atoms with Gasteiger partial charge in [0.1, 0.15) is 5.82 Å². The molecular weight excluding hydrogens is 343 g/mol. The van der Waals surface area contributed by atoms with Gasteiger partial charge in [0, 0.05) is 23.9 Å². The van der Waals surface area contributed by atoms with Gasteiger partial charge in [-0.25, -0.2) is 14.4 Å². The fourth-order valence-electron chi connectivity index (χ4n) is 3.56.